The highest BCUT2D eigenvalue weighted by atomic mass is 35.5. The minimum Gasteiger partial charge on any atom is -0.468 e. The molecule has 2 aromatic rings. The van der Waals surface area contributed by atoms with Gasteiger partial charge in [-0.2, -0.15) is 0 Å². The Morgan fingerprint density at radius 2 is 1.83 bits per heavy atom. The lowest BCUT2D eigenvalue weighted by molar-refractivity contribution is -0.144. The molecule has 29 heavy (non-hydrogen) atoms. The molecule has 1 atom stereocenters. The highest BCUT2D eigenvalue weighted by molar-refractivity contribution is 6.32. The second kappa shape index (κ2) is 7.22. The molecule has 1 aliphatic rings. The van der Waals surface area contributed by atoms with E-state index in [1.54, 1.807) is 13.0 Å². The van der Waals surface area contributed by atoms with Gasteiger partial charge in [-0.25, -0.2) is 4.79 Å². The van der Waals surface area contributed by atoms with Crippen LogP contribution in [0.4, 0.5) is 0 Å². The van der Waals surface area contributed by atoms with Gasteiger partial charge in [-0.15, -0.1) is 0 Å². The Bertz CT molecular complexity index is 1220. The van der Waals surface area contributed by atoms with Crippen LogP contribution in [0.1, 0.15) is 26.3 Å². The summed E-state index contributed by atoms with van der Waals surface area (Å²) in [6.07, 6.45) is 0. The van der Waals surface area contributed by atoms with E-state index in [1.807, 2.05) is 20.8 Å². The average molecular weight is 420 g/mol. The lowest BCUT2D eigenvalue weighted by Gasteiger charge is -2.26. The van der Waals surface area contributed by atoms with Crippen LogP contribution in [0, 0.1) is 12.8 Å². The molecule has 0 aliphatic heterocycles. The second-order valence-corrected chi connectivity index (χ2v) is 8.29. The second-order valence-electron chi connectivity index (χ2n) is 7.88. The fourth-order valence-corrected chi connectivity index (χ4v) is 3.55. The van der Waals surface area contributed by atoms with E-state index < -0.39 is 28.8 Å². The van der Waals surface area contributed by atoms with Crippen LogP contribution in [0.5, 0.6) is 0 Å². The SMILES string of the molecule is COC(=O)C1=c2oc3cc(C)c(Cl)cc3c(=O)c2=C(NC(C)(C)C)C1C(=O)OC. The Balaban J connectivity index is 2.59. The van der Waals surface area contributed by atoms with Crippen LogP contribution in [0.15, 0.2) is 21.3 Å². The van der Waals surface area contributed by atoms with Gasteiger partial charge in [0.2, 0.25) is 5.43 Å². The van der Waals surface area contributed by atoms with Gasteiger partial charge in [0.05, 0.1) is 24.8 Å². The van der Waals surface area contributed by atoms with Crippen molar-refractivity contribution in [1.82, 2.24) is 5.32 Å². The van der Waals surface area contributed by atoms with Crippen LogP contribution in [0.2, 0.25) is 5.02 Å². The molecule has 7 nitrogen and oxygen atoms in total. The molecule has 1 aromatic carbocycles. The minimum atomic E-state index is -1.17. The molecule has 0 saturated heterocycles. The number of ether oxygens (including phenoxy) is 2. The molecular weight excluding hydrogens is 398 g/mol. The van der Waals surface area contributed by atoms with Gasteiger partial charge < -0.3 is 19.2 Å². The smallest absolute Gasteiger partial charge is 0.338 e. The van der Waals surface area contributed by atoms with Crippen LogP contribution < -0.4 is 21.4 Å². The summed E-state index contributed by atoms with van der Waals surface area (Å²) in [5, 5.41) is 3.94. The lowest BCUT2D eigenvalue weighted by Crippen LogP contribution is -2.45. The molecule has 0 spiro atoms. The summed E-state index contributed by atoms with van der Waals surface area (Å²) in [7, 11) is 2.41. The van der Waals surface area contributed by atoms with Gasteiger partial charge in [-0.05, 0) is 45.4 Å². The third kappa shape index (κ3) is 3.51. The van der Waals surface area contributed by atoms with E-state index in [0.717, 1.165) is 0 Å². The number of hydrogen-bond acceptors (Lipinski definition) is 7. The first-order valence-electron chi connectivity index (χ1n) is 8.96. The minimum absolute atomic E-state index is 0.00165. The number of methoxy groups -OCH3 is 2. The normalized spacial score (nSPS) is 16.0. The van der Waals surface area contributed by atoms with Crippen LogP contribution in [0.3, 0.4) is 0 Å². The van der Waals surface area contributed by atoms with Gasteiger partial charge in [0.15, 0.2) is 5.42 Å². The van der Waals surface area contributed by atoms with Crippen molar-refractivity contribution < 1.29 is 23.5 Å². The maximum Gasteiger partial charge on any atom is 0.338 e. The zero-order valence-corrected chi connectivity index (χ0v) is 17.8. The highest BCUT2D eigenvalue weighted by Crippen LogP contribution is 2.27. The van der Waals surface area contributed by atoms with E-state index in [4.69, 9.17) is 25.5 Å². The first-order chi connectivity index (χ1) is 13.5. The van der Waals surface area contributed by atoms with Crippen LogP contribution >= 0.6 is 11.6 Å². The Kier molecular flexibility index (Phi) is 5.21. The average Bonchev–Trinajstić information content (AvgIpc) is 2.94. The number of carbonyl (C=O) groups is 2. The van der Waals surface area contributed by atoms with Gasteiger partial charge in [0.25, 0.3) is 0 Å². The third-order valence-electron chi connectivity index (χ3n) is 4.61. The maximum atomic E-state index is 13.4. The van der Waals surface area contributed by atoms with Gasteiger partial charge in [0, 0.05) is 16.3 Å². The van der Waals surface area contributed by atoms with Crippen LogP contribution in [-0.4, -0.2) is 31.7 Å². The predicted molar refractivity (Wildman–Crippen MR) is 109 cm³/mol. The number of aryl methyl sites for hydroxylation is 1. The van der Waals surface area contributed by atoms with Crippen molar-refractivity contribution >= 4 is 45.8 Å². The summed E-state index contributed by atoms with van der Waals surface area (Å²) in [6, 6.07) is 3.15. The van der Waals surface area contributed by atoms with E-state index in [2.05, 4.69) is 5.32 Å². The number of benzene rings is 1. The fraction of sp³-hybridized carbons (Fsp3) is 0.381. The summed E-state index contributed by atoms with van der Waals surface area (Å²) in [4.78, 5) is 38.6. The number of fused-ring (bicyclic) bond motifs is 2. The zero-order chi connectivity index (χ0) is 21.7. The molecule has 0 saturated carbocycles. The maximum absolute atomic E-state index is 13.4. The Morgan fingerprint density at radius 1 is 1.17 bits per heavy atom. The summed E-state index contributed by atoms with van der Waals surface area (Å²) < 4.78 is 15.8. The van der Waals surface area contributed by atoms with E-state index in [1.165, 1.54) is 20.3 Å². The summed E-state index contributed by atoms with van der Waals surface area (Å²) in [6.45, 7) is 7.38. The van der Waals surface area contributed by atoms with Crippen molar-refractivity contribution in [3.63, 3.8) is 0 Å². The van der Waals surface area contributed by atoms with Crippen molar-refractivity contribution in [3.05, 3.63) is 43.6 Å². The molecule has 1 unspecified atom stereocenters. The molecule has 0 radical (unpaired) electrons. The third-order valence-corrected chi connectivity index (χ3v) is 5.02. The molecule has 1 N–H and O–H groups in total. The van der Waals surface area contributed by atoms with Gasteiger partial charge >= 0.3 is 11.9 Å². The van der Waals surface area contributed by atoms with Gasteiger partial charge in [0.1, 0.15) is 17.1 Å². The number of halogens is 1. The summed E-state index contributed by atoms with van der Waals surface area (Å²) in [5.74, 6) is -2.66. The molecule has 154 valence electrons. The quantitative estimate of drug-likeness (QED) is 0.751. The van der Waals surface area contributed by atoms with E-state index in [9.17, 15) is 14.4 Å². The summed E-state index contributed by atoms with van der Waals surface area (Å²) in [5.41, 5.74) is 0.219. The number of carbonyl (C=O) groups excluding carboxylic acids is 2. The first kappa shape index (κ1) is 20.9. The van der Waals surface area contributed by atoms with Crippen molar-refractivity contribution in [3.8, 4) is 0 Å². The van der Waals surface area contributed by atoms with Crippen molar-refractivity contribution in [2.24, 2.45) is 5.92 Å². The molecule has 0 fully saturated rings. The number of esters is 2. The largest absolute Gasteiger partial charge is 0.468 e. The summed E-state index contributed by atoms with van der Waals surface area (Å²) >= 11 is 6.20. The number of nitrogens with one attached hydrogen (secondary N) is 1. The molecule has 8 heteroatoms. The molecular formula is C21H22ClNO6. The predicted octanol–water partition coefficient (Wildman–Crippen LogP) is 1.38. The van der Waals surface area contributed by atoms with E-state index >= 15 is 0 Å². The Labute approximate surface area is 171 Å². The highest BCUT2D eigenvalue weighted by Gasteiger charge is 2.41. The molecule has 3 rings (SSSR count). The van der Waals surface area contributed by atoms with E-state index in [-0.39, 0.29) is 32.9 Å². The lowest BCUT2D eigenvalue weighted by atomic mass is 9.97. The fourth-order valence-electron chi connectivity index (χ4n) is 3.38. The molecule has 1 aliphatic carbocycles. The zero-order valence-electron chi connectivity index (χ0n) is 17.1. The Hall–Kier alpha value is -2.80. The topological polar surface area (TPSA) is 94.8 Å². The van der Waals surface area contributed by atoms with Crippen molar-refractivity contribution in [2.75, 3.05) is 14.2 Å². The standard InChI is InChI=1S/C21H22ClNO6/c1-9-7-12-10(8-11(9)22)17(24)15-16(23-21(2,3)4)13(19(25)27-5)14(18(15)29-12)20(26)28-6/h7-8,13,23H,1-6H3. The van der Waals surface area contributed by atoms with Gasteiger partial charge in [-0.3, -0.25) is 9.59 Å². The monoisotopic (exact) mass is 419 g/mol. The number of hydrogen-bond donors (Lipinski definition) is 1. The number of rotatable bonds is 3. The van der Waals surface area contributed by atoms with E-state index in [0.29, 0.717) is 10.6 Å². The van der Waals surface area contributed by atoms with Crippen LogP contribution in [0.25, 0.3) is 22.2 Å². The van der Waals surface area contributed by atoms with Crippen molar-refractivity contribution in [2.45, 2.75) is 33.2 Å². The Morgan fingerprint density at radius 3 is 2.38 bits per heavy atom. The van der Waals surface area contributed by atoms with Crippen molar-refractivity contribution in [1.29, 1.82) is 0 Å². The molecule has 0 bridgehead atoms. The van der Waals surface area contributed by atoms with Crippen LogP contribution in [-0.2, 0) is 19.1 Å². The first-order valence-corrected chi connectivity index (χ1v) is 9.33. The molecule has 1 aromatic heterocycles. The van der Waals surface area contributed by atoms with Gasteiger partial charge in [-0.1, -0.05) is 11.6 Å². The molecule has 0 amide bonds. The molecule has 1 heterocycles.